The smallest absolute Gasteiger partial charge is 0.0854 e. The minimum absolute atomic E-state index is 0.0454. The fourth-order valence-electron chi connectivity index (χ4n) is 2.37. The molecule has 0 saturated carbocycles. The highest BCUT2D eigenvalue weighted by Crippen LogP contribution is 2.26. The number of fused-ring (bicyclic) bond motifs is 1. The Kier molecular flexibility index (Phi) is 5.32. The normalized spacial score (nSPS) is 10.9. The fourth-order valence-corrected chi connectivity index (χ4v) is 2.37. The van der Waals surface area contributed by atoms with Gasteiger partial charge in [0.1, 0.15) is 0 Å². The topological polar surface area (TPSA) is 56.6 Å². The minimum atomic E-state index is -0.0454. The largest absolute Gasteiger partial charge is 0.396 e. The molecule has 1 aromatic heterocycles. The summed E-state index contributed by atoms with van der Waals surface area (Å²) >= 11 is 0. The molecule has 0 bridgehead atoms. The summed E-state index contributed by atoms with van der Waals surface area (Å²) in [5, 5.41) is 19.3. The van der Waals surface area contributed by atoms with Crippen molar-refractivity contribution in [2.45, 2.75) is 25.9 Å². The van der Waals surface area contributed by atoms with E-state index in [9.17, 15) is 5.11 Å². The molecule has 0 amide bonds. The van der Waals surface area contributed by atoms with E-state index in [2.05, 4.69) is 23.0 Å². The molecule has 1 heterocycles. The molecule has 0 aliphatic carbocycles. The predicted molar refractivity (Wildman–Crippen MR) is 81.9 cm³/mol. The van der Waals surface area contributed by atoms with Crippen molar-refractivity contribution in [1.82, 2.24) is 4.98 Å². The highest BCUT2D eigenvalue weighted by molar-refractivity contribution is 5.91. The van der Waals surface area contributed by atoms with E-state index in [0.717, 1.165) is 42.4 Å². The Labute approximate surface area is 119 Å². The molecule has 2 rings (SSSR count). The van der Waals surface area contributed by atoms with Crippen LogP contribution in [0.15, 0.2) is 30.3 Å². The average Bonchev–Trinajstić information content (AvgIpc) is 2.50. The number of aliphatic hydroxyl groups excluding tert-OH is 2. The van der Waals surface area contributed by atoms with Crippen molar-refractivity contribution in [2.24, 2.45) is 0 Å². The van der Waals surface area contributed by atoms with E-state index in [1.165, 1.54) is 0 Å². The Hall–Kier alpha value is -1.65. The quantitative estimate of drug-likeness (QED) is 0.761. The van der Waals surface area contributed by atoms with Crippen molar-refractivity contribution in [3.05, 3.63) is 36.0 Å². The second-order valence-corrected chi connectivity index (χ2v) is 5.01. The first-order valence-corrected chi connectivity index (χ1v) is 7.07. The summed E-state index contributed by atoms with van der Waals surface area (Å²) in [6.45, 7) is 1.14. The van der Waals surface area contributed by atoms with Gasteiger partial charge in [0.25, 0.3) is 0 Å². The first-order valence-electron chi connectivity index (χ1n) is 7.07. The van der Waals surface area contributed by atoms with Crippen LogP contribution in [0.25, 0.3) is 10.9 Å². The summed E-state index contributed by atoms with van der Waals surface area (Å²) in [6.07, 6.45) is 2.92. The van der Waals surface area contributed by atoms with Crippen molar-refractivity contribution in [3.63, 3.8) is 0 Å². The molecule has 2 aromatic rings. The van der Waals surface area contributed by atoms with Crippen molar-refractivity contribution < 1.29 is 10.2 Å². The number of benzene rings is 1. The molecule has 0 saturated heterocycles. The van der Waals surface area contributed by atoms with E-state index in [1.54, 1.807) is 0 Å². The number of hydrogen-bond acceptors (Lipinski definition) is 4. The van der Waals surface area contributed by atoms with Gasteiger partial charge in [-0.2, -0.15) is 0 Å². The highest BCUT2D eigenvalue weighted by Gasteiger charge is 2.09. The second kappa shape index (κ2) is 7.22. The Balaban J connectivity index is 2.22. The van der Waals surface area contributed by atoms with E-state index < -0.39 is 0 Å². The van der Waals surface area contributed by atoms with E-state index in [4.69, 9.17) is 5.11 Å². The minimum Gasteiger partial charge on any atom is -0.396 e. The SMILES string of the molecule is CN(CCCCCO)c1cc(CO)nc2ccccc12. The van der Waals surface area contributed by atoms with Crippen LogP contribution in [0.2, 0.25) is 0 Å². The number of hydrogen-bond donors (Lipinski definition) is 2. The molecule has 0 spiro atoms. The van der Waals surface area contributed by atoms with Crippen LogP contribution in [0.5, 0.6) is 0 Å². The third-order valence-corrected chi connectivity index (χ3v) is 3.47. The van der Waals surface area contributed by atoms with Crippen molar-refractivity contribution in [1.29, 1.82) is 0 Å². The monoisotopic (exact) mass is 274 g/mol. The van der Waals surface area contributed by atoms with Gasteiger partial charge in [0.2, 0.25) is 0 Å². The van der Waals surface area contributed by atoms with E-state index in [1.807, 2.05) is 24.3 Å². The van der Waals surface area contributed by atoms with Gasteiger partial charge in [-0.3, -0.25) is 4.98 Å². The number of para-hydroxylation sites is 1. The van der Waals surface area contributed by atoms with Gasteiger partial charge in [0.05, 0.1) is 17.8 Å². The lowest BCUT2D eigenvalue weighted by atomic mass is 10.1. The third kappa shape index (κ3) is 3.46. The van der Waals surface area contributed by atoms with Gasteiger partial charge in [0, 0.05) is 31.3 Å². The fraction of sp³-hybridized carbons (Fsp3) is 0.438. The van der Waals surface area contributed by atoms with Gasteiger partial charge in [-0.05, 0) is 31.4 Å². The Morgan fingerprint density at radius 3 is 2.65 bits per heavy atom. The predicted octanol–water partition coefficient (Wildman–Crippen LogP) is 2.33. The number of unbranched alkanes of at least 4 members (excludes halogenated alkanes) is 2. The molecule has 4 heteroatoms. The van der Waals surface area contributed by atoms with Crippen molar-refractivity contribution >= 4 is 16.6 Å². The van der Waals surface area contributed by atoms with Gasteiger partial charge in [-0.1, -0.05) is 18.2 Å². The molecular formula is C16H22N2O2. The lowest BCUT2D eigenvalue weighted by Crippen LogP contribution is -2.19. The summed E-state index contributed by atoms with van der Waals surface area (Å²) in [7, 11) is 2.06. The molecule has 2 N–H and O–H groups in total. The van der Waals surface area contributed by atoms with E-state index in [-0.39, 0.29) is 13.2 Å². The molecule has 0 radical (unpaired) electrons. The zero-order chi connectivity index (χ0) is 14.4. The number of aromatic nitrogens is 1. The van der Waals surface area contributed by atoms with Crippen molar-refractivity contribution in [3.8, 4) is 0 Å². The molecule has 0 atom stereocenters. The molecule has 20 heavy (non-hydrogen) atoms. The van der Waals surface area contributed by atoms with Gasteiger partial charge in [-0.15, -0.1) is 0 Å². The van der Waals surface area contributed by atoms with Crippen LogP contribution < -0.4 is 4.90 Å². The van der Waals surface area contributed by atoms with Crippen LogP contribution in [0, 0.1) is 0 Å². The summed E-state index contributed by atoms with van der Waals surface area (Å²) < 4.78 is 0. The first kappa shape index (κ1) is 14.8. The maximum Gasteiger partial charge on any atom is 0.0854 e. The molecule has 0 unspecified atom stereocenters. The van der Waals surface area contributed by atoms with Gasteiger partial charge >= 0.3 is 0 Å². The van der Waals surface area contributed by atoms with E-state index in [0.29, 0.717) is 5.69 Å². The Morgan fingerprint density at radius 1 is 1.10 bits per heavy atom. The van der Waals surface area contributed by atoms with Crippen LogP contribution in [0.1, 0.15) is 25.0 Å². The molecule has 0 fully saturated rings. The van der Waals surface area contributed by atoms with Gasteiger partial charge in [0.15, 0.2) is 0 Å². The second-order valence-electron chi connectivity index (χ2n) is 5.01. The van der Waals surface area contributed by atoms with Crippen LogP contribution in [0.3, 0.4) is 0 Å². The van der Waals surface area contributed by atoms with Crippen LogP contribution in [-0.2, 0) is 6.61 Å². The molecular weight excluding hydrogens is 252 g/mol. The Morgan fingerprint density at radius 2 is 1.90 bits per heavy atom. The highest BCUT2D eigenvalue weighted by atomic mass is 16.3. The third-order valence-electron chi connectivity index (χ3n) is 3.47. The van der Waals surface area contributed by atoms with Gasteiger partial charge in [-0.25, -0.2) is 0 Å². The summed E-state index contributed by atoms with van der Waals surface area (Å²) in [5.74, 6) is 0. The zero-order valence-electron chi connectivity index (χ0n) is 11.9. The number of aliphatic hydroxyl groups is 2. The van der Waals surface area contributed by atoms with Crippen LogP contribution >= 0.6 is 0 Å². The molecule has 4 nitrogen and oxygen atoms in total. The Bertz CT molecular complexity index is 557. The van der Waals surface area contributed by atoms with E-state index >= 15 is 0 Å². The maximum atomic E-state index is 9.34. The molecule has 0 aliphatic heterocycles. The molecule has 0 aliphatic rings. The number of nitrogens with zero attached hydrogens (tertiary/aromatic N) is 2. The number of anilines is 1. The summed E-state index contributed by atoms with van der Waals surface area (Å²) in [5.41, 5.74) is 2.71. The average molecular weight is 274 g/mol. The zero-order valence-corrected chi connectivity index (χ0v) is 11.9. The van der Waals surface area contributed by atoms with Crippen LogP contribution in [-0.4, -0.2) is 35.4 Å². The maximum absolute atomic E-state index is 9.34. The lowest BCUT2D eigenvalue weighted by molar-refractivity contribution is 0.277. The summed E-state index contributed by atoms with van der Waals surface area (Å²) in [4.78, 5) is 6.63. The lowest BCUT2D eigenvalue weighted by Gasteiger charge is -2.21. The van der Waals surface area contributed by atoms with Crippen molar-refractivity contribution in [2.75, 3.05) is 25.1 Å². The summed E-state index contributed by atoms with van der Waals surface area (Å²) in [6, 6.07) is 9.95. The number of rotatable bonds is 7. The standard InChI is InChI=1S/C16H22N2O2/c1-18(9-5-2-6-10-19)16-11-13(12-20)17-15-8-4-3-7-14(15)16/h3-4,7-8,11,19-20H,2,5-6,9-10,12H2,1H3. The first-order chi connectivity index (χ1) is 9.76. The number of pyridine rings is 1. The molecule has 108 valence electrons. The van der Waals surface area contributed by atoms with Gasteiger partial charge < -0.3 is 15.1 Å². The van der Waals surface area contributed by atoms with Crippen LogP contribution in [0.4, 0.5) is 5.69 Å². The molecule has 1 aromatic carbocycles.